The van der Waals surface area contributed by atoms with Crippen molar-refractivity contribution in [1.29, 1.82) is 0 Å². The fourth-order valence-corrected chi connectivity index (χ4v) is 2.66. The van der Waals surface area contributed by atoms with Crippen LogP contribution in [0.1, 0.15) is 37.9 Å². The summed E-state index contributed by atoms with van der Waals surface area (Å²) in [5.41, 5.74) is 1.03. The summed E-state index contributed by atoms with van der Waals surface area (Å²) in [4.78, 5) is 2.22. The summed E-state index contributed by atoms with van der Waals surface area (Å²) in [7, 11) is 2.09. The zero-order valence-corrected chi connectivity index (χ0v) is 12.5. The van der Waals surface area contributed by atoms with E-state index in [2.05, 4.69) is 37.1 Å². The Kier molecular flexibility index (Phi) is 5.57. The number of benzene rings is 2. The van der Waals surface area contributed by atoms with Gasteiger partial charge in [-0.1, -0.05) is 62.2 Å². The van der Waals surface area contributed by atoms with E-state index in [-0.39, 0.29) is 0 Å². The largest absolute Gasteiger partial charge is 0.387 e. The van der Waals surface area contributed by atoms with Crippen LogP contribution in [0.4, 0.5) is 0 Å². The Bertz CT molecular complexity index is 532. The predicted octanol–water partition coefficient (Wildman–Crippen LogP) is 4.00. The van der Waals surface area contributed by atoms with E-state index in [0.717, 1.165) is 17.5 Å². The van der Waals surface area contributed by atoms with Gasteiger partial charge in [-0.3, -0.25) is 0 Å². The quantitative estimate of drug-likeness (QED) is 0.770. The van der Waals surface area contributed by atoms with Crippen molar-refractivity contribution in [1.82, 2.24) is 4.90 Å². The highest BCUT2D eigenvalue weighted by Crippen LogP contribution is 2.24. The monoisotopic (exact) mass is 271 g/mol. The third kappa shape index (κ3) is 3.81. The number of rotatable bonds is 7. The van der Waals surface area contributed by atoms with Crippen molar-refractivity contribution >= 4 is 10.8 Å². The van der Waals surface area contributed by atoms with Crippen molar-refractivity contribution in [3.63, 3.8) is 0 Å². The average Bonchev–Trinajstić information content (AvgIpc) is 2.47. The molecule has 0 radical (unpaired) electrons. The lowest BCUT2D eigenvalue weighted by Gasteiger charge is -2.21. The normalized spacial score (nSPS) is 13.0. The molecule has 0 aliphatic rings. The van der Waals surface area contributed by atoms with Crippen LogP contribution in [0.25, 0.3) is 10.8 Å². The van der Waals surface area contributed by atoms with Crippen LogP contribution in [0, 0.1) is 0 Å². The van der Waals surface area contributed by atoms with E-state index in [1.807, 2.05) is 24.3 Å². The molecule has 2 nitrogen and oxygen atoms in total. The second-order valence-electron chi connectivity index (χ2n) is 5.55. The van der Waals surface area contributed by atoms with Gasteiger partial charge in [0.05, 0.1) is 6.10 Å². The minimum atomic E-state index is -0.423. The molecule has 0 fully saturated rings. The van der Waals surface area contributed by atoms with E-state index in [4.69, 9.17) is 0 Å². The fraction of sp³-hybridized carbons (Fsp3) is 0.444. The first-order valence-electron chi connectivity index (χ1n) is 7.56. The minimum Gasteiger partial charge on any atom is -0.387 e. The third-order valence-electron chi connectivity index (χ3n) is 3.81. The van der Waals surface area contributed by atoms with E-state index in [9.17, 15) is 5.11 Å². The second-order valence-corrected chi connectivity index (χ2v) is 5.55. The average molecular weight is 271 g/mol. The molecule has 0 saturated heterocycles. The van der Waals surface area contributed by atoms with Crippen molar-refractivity contribution in [2.75, 3.05) is 20.1 Å². The second kappa shape index (κ2) is 7.41. The highest BCUT2D eigenvalue weighted by molar-refractivity contribution is 5.85. The van der Waals surface area contributed by atoms with E-state index in [0.29, 0.717) is 6.54 Å². The van der Waals surface area contributed by atoms with Gasteiger partial charge in [-0.2, -0.15) is 0 Å². The van der Waals surface area contributed by atoms with E-state index in [1.165, 1.54) is 24.6 Å². The number of hydrogen-bond acceptors (Lipinski definition) is 2. The van der Waals surface area contributed by atoms with Crippen LogP contribution in [-0.2, 0) is 0 Å². The Morgan fingerprint density at radius 3 is 2.60 bits per heavy atom. The molecule has 1 N–H and O–H groups in total. The standard InChI is InChI=1S/C18H25NO/c1-3-4-7-13-19(2)14-18(20)17-12-8-10-15-9-5-6-11-16(15)17/h5-6,8-12,18,20H,3-4,7,13-14H2,1-2H3. The van der Waals surface area contributed by atoms with Crippen LogP contribution in [0.3, 0.4) is 0 Å². The molecule has 0 aliphatic heterocycles. The highest BCUT2D eigenvalue weighted by Gasteiger charge is 2.13. The molecular formula is C18H25NO. The lowest BCUT2D eigenvalue weighted by Crippen LogP contribution is -2.25. The molecule has 0 amide bonds. The van der Waals surface area contributed by atoms with Gasteiger partial charge in [0.2, 0.25) is 0 Å². The molecule has 2 aromatic rings. The third-order valence-corrected chi connectivity index (χ3v) is 3.81. The molecule has 1 atom stereocenters. The highest BCUT2D eigenvalue weighted by atomic mass is 16.3. The van der Waals surface area contributed by atoms with Gasteiger partial charge in [-0.15, -0.1) is 0 Å². The first-order chi connectivity index (χ1) is 9.72. The molecule has 2 rings (SSSR count). The summed E-state index contributed by atoms with van der Waals surface area (Å²) in [6, 6.07) is 14.4. The first kappa shape index (κ1) is 15.0. The van der Waals surface area contributed by atoms with Crippen LogP contribution in [0.5, 0.6) is 0 Å². The molecule has 0 heterocycles. The minimum absolute atomic E-state index is 0.423. The lowest BCUT2D eigenvalue weighted by atomic mass is 10.00. The topological polar surface area (TPSA) is 23.5 Å². The summed E-state index contributed by atoms with van der Waals surface area (Å²) < 4.78 is 0. The fourth-order valence-electron chi connectivity index (χ4n) is 2.66. The zero-order valence-electron chi connectivity index (χ0n) is 12.5. The Balaban J connectivity index is 2.05. The lowest BCUT2D eigenvalue weighted by molar-refractivity contribution is 0.127. The van der Waals surface area contributed by atoms with Gasteiger partial charge in [0.1, 0.15) is 0 Å². The van der Waals surface area contributed by atoms with Gasteiger partial charge in [0.15, 0.2) is 0 Å². The van der Waals surface area contributed by atoms with E-state index in [1.54, 1.807) is 0 Å². The Morgan fingerprint density at radius 2 is 1.80 bits per heavy atom. The van der Waals surface area contributed by atoms with Crippen LogP contribution >= 0.6 is 0 Å². The number of likely N-dealkylation sites (N-methyl/N-ethyl adjacent to an activating group) is 1. The Morgan fingerprint density at radius 1 is 1.05 bits per heavy atom. The maximum atomic E-state index is 10.5. The summed E-state index contributed by atoms with van der Waals surface area (Å²) in [6.07, 6.45) is 3.27. The Labute approximate surface area is 122 Å². The van der Waals surface area contributed by atoms with Crippen molar-refractivity contribution < 1.29 is 5.11 Å². The van der Waals surface area contributed by atoms with Crippen LogP contribution in [0.2, 0.25) is 0 Å². The number of aliphatic hydroxyl groups excluding tert-OH is 1. The van der Waals surface area contributed by atoms with Crippen LogP contribution < -0.4 is 0 Å². The van der Waals surface area contributed by atoms with Crippen molar-refractivity contribution in [3.05, 3.63) is 48.0 Å². The van der Waals surface area contributed by atoms with Gasteiger partial charge in [0, 0.05) is 6.54 Å². The molecule has 20 heavy (non-hydrogen) atoms. The number of hydrogen-bond donors (Lipinski definition) is 1. The number of nitrogens with zero attached hydrogens (tertiary/aromatic N) is 1. The number of aliphatic hydroxyl groups is 1. The maximum Gasteiger partial charge on any atom is 0.0922 e. The molecule has 2 heteroatoms. The van der Waals surface area contributed by atoms with Gasteiger partial charge >= 0.3 is 0 Å². The Hall–Kier alpha value is -1.38. The molecule has 0 aromatic heterocycles. The number of unbranched alkanes of at least 4 members (excludes halogenated alkanes) is 2. The van der Waals surface area contributed by atoms with Gasteiger partial charge in [-0.05, 0) is 36.3 Å². The van der Waals surface area contributed by atoms with E-state index >= 15 is 0 Å². The molecule has 0 aliphatic carbocycles. The SMILES string of the molecule is CCCCCN(C)CC(O)c1cccc2ccccc12. The summed E-state index contributed by atoms with van der Waals surface area (Å²) in [6.45, 7) is 3.96. The van der Waals surface area contributed by atoms with Crippen LogP contribution in [0.15, 0.2) is 42.5 Å². The summed E-state index contributed by atoms with van der Waals surface area (Å²) >= 11 is 0. The summed E-state index contributed by atoms with van der Waals surface area (Å²) in [5.74, 6) is 0. The first-order valence-corrected chi connectivity index (χ1v) is 7.56. The molecule has 0 saturated carbocycles. The molecule has 2 aromatic carbocycles. The van der Waals surface area contributed by atoms with Gasteiger partial charge in [0.25, 0.3) is 0 Å². The summed E-state index contributed by atoms with van der Waals surface area (Å²) in [5, 5.41) is 12.9. The molecular weight excluding hydrogens is 246 g/mol. The maximum absolute atomic E-state index is 10.5. The molecule has 108 valence electrons. The van der Waals surface area contributed by atoms with Crippen molar-refractivity contribution in [2.24, 2.45) is 0 Å². The zero-order chi connectivity index (χ0) is 14.4. The predicted molar refractivity (Wildman–Crippen MR) is 85.9 cm³/mol. The van der Waals surface area contributed by atoms with Crippen LogP contribution in [-0.4, -0.2) is 30.1 Å². The van der Waals surface area contributed by atoms with Crippen molar-refractivity contribution in [2.45, 2.75) is 32.3 Å². The van der Waals surface area contributed by atoms with Gasteiger partial charge < -0.3 is 10.0 Å². The van der Waals surface area contributed by atoms with E-state index < -0.39 is 6.10 Å². The smallest absolute Gasteiger partial charge is 0.0922 e. The molecule has 1 unspecified atom stereocenters. The molecule has 0 bridgehead atoms. The van der Waals surface area contributed by atoms with Gasteiger partial charge in [-0.25, -0.2) is 0 Å². The molecule has 0 spiro atoms. The number of fused-ring (bicyclic) bond motifs is 1. The van der Waals surface area contributed by atoms with Crippen molar-refractivity contribution in [3.8, 4) is 0 Å².